The Bertz CT molecular complexity index is 444. The van der Waals surface area contributed by atoms with Gasteiger partial charge >= 0.3 is 0 Å². The number of likely N-dealkylation sites (N-methyl/N-ethyl adjacent to an activating group) is 2. The van der Waals surface area contributed by atoms with Gasteiger partial charge in [-0.15, -0.1) is 13.2 Å². The number of aliphatic hydroxyl groups excluding tert-OH is 1. The molecule has 0 spiro atoms. The molecule has 27 heavy (non-hydrogen) atoms. The molecule has 1 unspecified atom stereocenters. The van der Waals surface area contributed by atoms with Crippen LogP contribution >= 0.6 is 15.9 Å². The van der Waals surface area contributed by atoms with Crippen molar-refractivity contribution in [2.45, 2.75) is 66.2 Å². The van der Waals surface area contributed by atoms with Gasteiger partial charge in [0.1, 0.15) is 6.29 Å². The van der Waals surface area contributed by atoms with Crippen LogP contribution in [-0.4, -0.2) is 69.6 Å². The predicted octanol–water partition coefficient (Wildman–Crippen LogP) is 3.19. The van der Waals surface area contributed by atoms with Gasteiger partial charge in [-0.3, -0.25) is 9.59 Å². The topological polar surface area (TPSA) is 77.9 Å². The van der Waals surface area contributed by atoms with E-state index in [0.29, 0.717) is 19.5 Å². The average Bonchev–Trinajstić information content (AvgIpc) is 2.62. The van der Waals surface area contributed by atoms with E-state index in [1.54, 1.807) is 24.0 Å². The van der Waals surface area contributed by atoms with E-state index in [0.717, 1.165) is 11.6 Å². The number of amides is 2. The number of aldehydes is 1. The summed E-state index contributed by atoms with van der Waals surface area (Å²) in [4.78, 5) is 35.2. The summed E-state index contributed by atoms with van der Waals surface area (Å²) >= 11 is 3.13. The Kier molecular flexibility index (Phi) is 21.6. The maximum absolute atomic E-state index is 11.1. The lowest BCUT2D eigenvalue weighted by Crippen LogP contribution is -2.43. The first kappa shape index (κ1) is 30.3. The van der Waals surface area contributed by atoms with Crippen LogP contribution in [0, 0.1) is 0 Å². The third kappa shape index (κ3) is 15.3. The number of carbonyl (C=O) groups excluding carboxylic acids is 3. The fourth-order valence-corrected chi connectivity index (χ4v) is 2.24. The number of hydrogen-bond acceptors (Lipinski definition) is 4. The highest BCUT2D eigenvalue weighted by Crippen LogP contribution is 2.08. The van der Waals surface area contributed by atoms with Crippen LogP contribution in [-0.2, 0) is 14.4 Å². The van der Waals surface area contributed by atoms with Gasteiger partial charge in [0.25, 0.3) is 0 Å². The summed E-state index contributed by atoms with van der Waals surface area (Å²) in [6, 6.07) is -0.428. The van der Waals surface area contributed by atoms with E-state index < -0.39 is 6.10 Å². The van der Waals surface area contributed by atoms with Gasteiger partial charge in [-0.1, -0.05) is 28.1 Å². The summed E-state index contributed by atoms with van der Waals surface area (Å²) in [6.07, 6.45) is 4.23. The smallest absolute Gasteiger partial charge is 0.220 e. The van der Waals surface area contributed by atoms with Crippen molar-refractivity contribution < 1.29 is 19.5 Å². The van der Waals surface area contributed by atoms with E-state index in [9.17, 15) is 19.5 Å². The minimum Gasteiger partial charge on any atom is -0.391 e. The van der Waals surface area contributed by atoms with E-state index in [4.69, 9.17) is 0 Å². The van der Waals surface area contributed by atoms with Crippen LogP contribution in [0.4, 0.5) is 0 Å². The second-order valence-corrected chi connectivity index (χ2v) is 6.41. The summed E-state index contributed by atoms with van der Waals surface area (Å²) in [5.74, 6) is -0.0554. The molecule has 0 heterocycles. The maximum Gasteiger partial charge on any atom is 0.220 e. The van der Waals surface area contributed by atoms with Crippen LogP contribution in [0.5, 0.6) is 0 Å². The van der Waals surface area contributed by atoms with Crippen LogP contribution < -0.4 is 0 Å². The molecule has 0 aromatic carbocycles. The lowest BCUT2D eigenvalue weighted by atomic mass is 10.1. The molecular weight excluding hydrogens is 412 g/mol. The molecule has 0 fully saturated rings. The molecule has 1 N–H and O–H groups in total. The molecule has 0 aromatic heterocycles. The Morgan fingerprint density at radius 2 is 1.44 bits per heavy atom. The van der Waals surface area contributed by atoms with Crippen LogP contribution in [0.1, 0.15) is 48.0 Å². The molecule has 0 rings (SSSR count). The van der Waals surface area contributed by atoms with Crippen molar-refractivity contribution in [1.29, 1.82) is 0 Å². The monoisotopic (exact) mass is 448 g/mol. The SMILES string of the molecule is C=CCBr.C=CCC(O)[C@H](C)N(CC)C(C)=O.CCN(C(C)=O)[C@@H](C)C=O. The molecule has 0 aliphatic rings. The van der Waals surface area contributed by atoms with Crippen LogP contribution in [0.3, 0.4) is 0 Å². The zero-order valence-electron chi connectivity index (χ0n) is 17.7. The standard InChI is InChI=1S/C10H19NO2.C7H13NO2.C3H5Br/c1-5-7-10(13)8(3)11(6-2)9(4)12;1-4-8(7(3)10)6(2)5-9;1-2-3-4/h5,8,10,13H,1,6-7H2,2-4H3;5-6H,4H2,1-3H3;2H,1,3H2/t8-,10?;6-;/m00./s1. The first-order chi connectivity index (χ1) is 12.6. The minimum atomic E-state index is -0.513. The van der Waals surface area contributed by atoms with E-state index in [1.165, 1.54) is 18.7 Å². The summed E-state index contributed by atoms with van der Waals surface area (Å²) in [7, 11) is 0. The van der Waals surface area contributed by atoms with E-state index in [2.05, 4.69) is 29.1 Å². The van der Waals surface area contributed by atoms with Gasteiger partial charge < -0.3 is 19.7 Å². The third-order valence-corrected chi connectivity index (χ3v) is 4.20. The number of allylic oxidation sites excluding steroid dienone is 1. The number of rotatable bonds is 9. The number of carbonyl (C=O) groups is 3. The number of alkyl halides is 1. The van der Waals surface area contributed by atoms with Gasteiger partial charge in [-0.2, -0.15) is 0 Å². The molecule has 0 saturated heterocycles. The highest BCUT2D eigenvalue weighted by atomic mass is 79.9. The first-order valence-corrected chi connectivity index (χ1v) is 10.2. The van der Waals surface area contributed by atoms with Crippen molar-refractivity contribution in [1.82, 2.24) is 9.80 Å². The number of hydrogen-bond donors (Lipinski definition) is 1. The summed E-state index contributed by atoms with van der Waals surface area (Å²) in [6.45, 7) is 18.5. The third-order valence-electron chi connectivity index (χ3n) is 3.74. The van der Waals surface area contributed by atoms with Crippen molar-refractivity contribution in [3.63, 3.8) is 0 Å². The normalized spacial score (nSPS) is 12.6. The van der Waals surface area contributed by atoms with Gasteiger partial charge in [0.15, 0.2) is 0 Å². The van der Waals surface area contributed by atoms with E-state index in [-0.39, 0.29) is 23.9 Å². The zero-order valence-corrected chi connectivity index (χ0v) is 19.2. The van der Waals surface area contributed by atoms with Crippen molar-refractivity contribution in [2.24, 2.45) is 0 Å². The molecule has 158 valence electrons. The fraction of sp³-hybridized carbons (Fsp3) is 0.650. The molecule has 7 heteroatoms. The van der Waals surface area contributed by atoms with Crippen LogP contribution in [0.2, 0.25) is 0 Å². The van der Waals surface area contributed by atoms with E-state index >= 15 is 0 Å². The molecule has 0 radical (unpaired) electrons. The lowest BCUT2D eigenvalue weighted by Gasteiger charge is -2.30. The largest absolute Gasteiger partial charge is 0.391 e. The van der Waals surface area contributed by atoms with Crippen molar-refractivity contribution in [3.8, 4) is 0 Å². The Morgan fingerprint density at radius 1 is 1.04 bits per heavy atom. The highest BCUT2D eigenvalue weighted by Gasteiger charge is 2.21. The molecule has 6 nitrogen and oxygen atoms in total. The quantitative estimate of drug-likeness (QED) is 0.333. The second kappa shape index (κ2) is 19.3. The molecule has 0 aromatic rings. The lowest BCUT2D eigenvalue weighted by molar-refractivity contribution is -0.133. The zero-order chi connectivity index (χ0) is 22.0. The predicted molar refractivity (Wildman–Crippen MR) is 116 cm³/mol. The second-order valence-electron chi connectivity index (χ2n) is 5.76. The number of halogens is 1. The number of aliphatic hydroxyl groups is 1. The molecule has 0 saturated carbocycles. The van der Waals surface area contributed by atoms with Gasteiger partial charge in [0, 0.05) is 32.3 Å². The van der Waals surface area contributed by atoms with Crippen molar-refractivity contribution >= 4 is 34.0 Å². The van der Waals surface area contributed by atoms with Gasteiger partial charge in [-0.25, -0.2) is 0 Å². The first-order valence-electron chi connectivity index (χ1n) is 9.04. The average molecular weight is 449 g/mol. The van der Waals surface area contributed by atoms with Crippen LogP contribution in [0.15, 0.2) is 25.3 Å². The fourth-order valence-electron chi connectivity index (χ4n) is 2.24. The summed E-state index contributed by atoms with van der Waals surface area (Å²) < 4.78 is 0. The Balaban J connectivity index is -0.000000364. The van der Waals surface area contributed by atoms with Gasteiger partial charge in [-0.05, 0) is 34.1 Å². The highest BCUT2D eigenvalue weighted by molar-refractivity contribution is 9.09. The molecule has 3 atom stereocenters. The molecule has 0 aliphatic heterocycles. The number of nitrogens with zero attached hydrogens (tertiary/aromatic N) is 2. The maximum atomic E-state index is 11.1. The van der Waals surface area contributed by atoms with Gasteiger partial charge in [0.2, 0.25) is 11.8 Å². The van der Waals surface area contributed by atoms with E-state index in [1.807, 2.05) is 20.8 Å². The van der Waals surface area contributed by atoms with Crippen molar-refractivity contribution in [3.05, 3.63) is 25.3 Å². The Labute approximate surface area is 173 Å². The molecule has 0 bridgehead atoms. The molecule has 0 aliphatic carbocycles. The molecular formula is C20H37BrN2O4. The molecule has 2 amide bonds. The summed E-state index contributed by atoms with van der Waals surface area (Å²) in [5, 5.41) is 10.5. The van der Waals surface area contributed by atoms with Crippen LogP contribution in [0.25, 0.3) is 0 Å². The Hall–Kier alpha value is -1.47. The minimum absolute atomic E-state index is 0.00175. The Morgan fingerprint density at radius 3 is 1.63 bits per heavy atom. The van der Waals surface area contributed by atoms with Gasteiger partial charge in [0.05, 0.1) is 18.2 Å². The van der Waals surface area contributed by atoms with Crippen molar-refractivity contribution in [2.75, 3.05) is 18.4 Å². The summed E-state index contributed by atoms with van der Waals surface area (Å²) in [5.41, 5.74) is 0.